The zero-order valence-corrected chi connectivity index (χ0v) is 20.5. The van der Waals surface area contributed by atoms with Crippen LogP contribution in [0, 0.1) is 0 Å². The lowest BCUT2D eigenvalue weighted by Gasteiger charge is -2.13. The van der Waals surface area contributed by atoms with Crippen molar-refractivity contribution in [3.63, 3.8) is 0 Å². The molecule has 0 spiro atoms. The molecule has 0 aromatic carbocycles. The van der Waals surface area contributed by atoms with Crippen molar-refractivity contribution < 1.29 is 19.1 Å². The lowest BCUT2D eigenvalue weighted by molar-refractivity contribution is -0.149. The monoisotopic (exact) mass is 426 g/mol. The van der Waals surface area contributed by atoms with Crippen LogP contribution in [0.4, 0.5) is 0 Å². The Morgan fingerprint density at radius 2 is 0.867 bits per heavy atom. The lowest BCUT2D eigenvalue weighted by Crippen LogP contribution is -2.14. The summed E-state index contributed by atoms with van der Waals surface area (Å²) in [6, 6.07) is 0. The summed E-state index contributed by atoms with van der Waals surface area (Å²) < 4.78 is 11.0. The Balaban J connectivity index is 3.47. The van der Waals surface area contributed by atoms with Crippen LogP contribution in [-0.2, 0) is 19.1 Å². The van der Waals surface area contributed by atoms with Gasteiger partial charge in [0, 0.05) is 12.8 Å². The van der Waals surface area contributed by atoms with Crippen molar-refractivity contribution in [3.8, 4) is 0 Å². The molecule has 0 radical (unpaired) electrons. The minimum atomic E-state index is -0.0513. The number of rotatable bonds is 21. The molecule has 0 aromatic rings. The third-order valence-electron chi connectivity index (χ3n) is 5.61. The van der Waals surface area contributed by atoms with E-state index in [9.17, 15) is 9.59 Å². The van der Waals surface area contributed by atoms with Crippen LogP contribution in [0.5, 0.6) is 0 Å². The summed E-state index contributed by atoms with van der Waals surface area (Å²) in [4.78, 5) is 23.7. The number of hydrogen-bond acceptors (Lipinski definition) is 4. The van der Waals surface area contributed by atoms with E-state index in [1.807, 2.05) is 13.8 Å². The molecule has 178 valence electrons. The van der Waals surface area contributed by atoms with Gasteiger partial charge in [0.25, 0.3) is 0 Å². The first-order chi connectivity index (χ1) is 14.5. The quantitative estimate of drug-likeness (QED) is 0.138. The average Bonchev–Trinajstić information content (AvgIpc) is 2.70. The zero-order chi connectivity index (χ0) is 22.5. The average molecular weight is 427 g/mol. The second-order valence-electron chi connectivity index (χ2n) is 8.92. The molecule has 0 aliphatic carbocycles. The fourth-order valence-corrected chi connectivity index (χ4v) is 3.65. The van der Waals surface area contributed by atoms with Crippen molar-refractivity contribution >= 4 is 11.9 Å². The van der Waals surface area contributed by atoms with Gasteiger partial charge < -0.3 is 9.47 Å². The molecule has 0 heterocycles. The Morgan fingerprint density at radius 1 is 0.533 bits per heavy atom. The summed E-state index contributed by atoms with van der Waals surface area (Å²) in [5.74, 6) is -0.103. The molecule has 4 nitrogen and oxygen atoms in total. The van der Waals surface area contributed by atoms with Crippen LogP contribution in [0.3, 0.4) is 0 Å². The maximum atomic E-state index is 11.9. The molecule has 0 aliphatic heterocycles. The number of carbonyl (C=O) groups is 2. The molecule has 30 heavy (non-hydrogen) atoms. The summed E-state index contributed by atoms with van der Waals surface area (Å²) in [6.07, 6.45) is 19.0. The highest BCUT2D eigenvalue weighted by Crippen LogP contribution is 2.13. The van der Waals surface area contributed by atoms with E-state index < -0.39 is 0 Å². The van der Waals surface area contributed by atoms with E-state index in [4.69, 9.17) is 9.47 Å². The fraction of sp³-hybridized carbons (Fsp3) is 0.923. The number of hydrogen-bond donors (Lipinski definition) is 0. The Bertz CT molecular complexity index is 370. The Hall–Kier alpha value is -1.06. The molecule has 0 aliphatic rings. The van der Waals surface area contributed by atoms with Crippen molar-refractivity contribution in [2.45, 2.75) is 155 Å². The summed E-state index contributed by atoms with van der Waals surface area (Å²) >= 11 is 0. The molecule has 2 unspecified atom stereocenters. The molecule has 0 aromatic heterocycles. The van der Waals surface area contributed by atoms with Crippen LogP contribution in [0.2, 0.25) is 0 Å². The second kappa shape index (κ2) is 21.2. The van der Waals surface area contributed by atoms with Crippen molar-refractivity contribution in [3.05, 3.63) is 0 Å². The predicted molar refractivity (Wildman–Crippen MR) is 126 cm³/mol. The van der Waals surface area contributed by atoms with E-state index in [2.05, 4.69) is 13.8 Å². The highest BCUT2D eigenvalue weighted by molar-refractivity contribution is 5.69. The lowest BCUT2D eigenvalue weighted by atomic mass is 10.1. The predicted octanol–water partition coefficient (Wildman–Crippen LogP) is 7.91. The van der Waals surface area contributed by atoms with Crippen molar-refractivity contribution in [1.29, 1.82) is 0 Å². The topological polar surface area (TPSA) is 52.6 Å². The van der Waals surface area contributed by atoms with Crippen molar-refractivity contribution in [2.24, 2.45) is 0 Å². The third kappa shape index (κ3) is 20.2. The second-order valence-corrected chi connectivity index (χ2v) is 8.92. The van der Waals surface area contributed by atoms with Gasteiger partial charge >= 0.3 is 11.9 Å². The van der Waals surface area contributed by atoms with Crippen LogP contribution < -0.4 is 0 Å². The molecule has 0 fully saturated rings. The molecular weight excluding hydrogens is 376 g/mol. The Morgan fingerprint density at radius 3 is 1.23 bits per heavy atom. The molecule has 2 atom stereocenters. The van der Waals surface area contributed by atoms with E-state index in [1.54, 1.807) is 0 Å². The fourth-order valence-electron chi connectivity index (χ4n) is 3.65. The van der Waals surface area contributed by atoms with Gasteiger partial charge in [-0.1, -0.05) is 78.1 Å². The Labute approximate surface area is 186 Å². The van der Waals surface area contributed by atoms with Gasteiger partial charge in [-0.25, -0.2) is 0 Å². The van der Waals surface area contributed by atoms with Crippen molar-refractivity contribution in [2.75, 3.05) is 0 Å². The van der Waals surface area contributed by atoms with Gasteiger partial charge in [0.15, 0.2) is 0 Å². The highest BCUT2D eigenvalue weighted by atomic mass is 16.5. The molecular formula is C26H50O4. The van der Waals surface area contributed by atoms with Gasteiger partial charge in [-0.2, -0.15) is 0 Å². The van der Waals surface area contributed by atoms with Gasteiger partial charge in [0.2, 0.25) is 0 Å². The largest absolute Gasteiger partial charge is 0.463 e. The number of carbonyl (C=O) groups excluding carboxylic acids is 2. The maximum absolute atomic E-state index is 11.9. The zero-order valence-electron chi connectivity index (χ0n) is 20.5. The standard InChI is InChI=1S/C26H50O4/c1-5-7-9-15-19-23(3)29-25(27)21-17-13-11-12-14-18-22-26(28)30-24(4)20-16-10-8-6-2/h23-24H,5-22H2,1-4H3. The van der Waals surface area contributed by atoms with Gasteiger partial charge in [-0.05, 0) is 52.4 Å². The maximum Gasteiger partial charge on any atom is 0.306 e. The molecule has 0 amide bonds. The van der Waals surface area contributed by atoms with Crippen LogP contribution in [0.1, 0.15) is 143 Å². The third-order valence-corrected chi connectivity index (χ3v) is 5.61. The van der Waals surface area contributed by atoms with Crippen LogP contribution in [-0.4, -0.2) is 24.1 Å². The molecule has 4 heteroatoms. The van der Waals surface area contributed by atoms with Gasteiger partial charge in [-0.15, -0.1) is 0 Å². The van der Waals surface area contributed by atoms with E-state index in [1.165, 1.54) is 38.5 Å². The number of unbranched alkanes of at least 4 members (excludes halogenated alkanes) is 11. The molecule has 0 rings (SSSR count). The molecule has 0 bridgehead atoms. The van der Waals surface area contributed by atoms with Crippen LogP contribution in [0.15, 0.2) is 0 Å². The smallest absolute Gasteiger partial charge is 0.306 e. The molecule has 0 saturated heterocycles. The van der Waals surface area contributed by atoms with E-state index in [-0.39, 0.29) is 24.1 Å². The molecule has 0 N–H and O–H groups in total. The highest BCUT2D eigenvalue weighted by Gasteiger charge is 2.10. The van der Waals surface area contributed by atoms with Crippen LogP contribution >= 0.6 is 0 Å². The summed E-state index contributed by atoms with van der Waals surface area (Å²) in [5.41, 5.74) is 0. The van der Waals surface area contributed by atoms with Gasteiger partial charge in [-0.3, -0.25) is 9.59 Å². The summed E-state index contributed by atoms with van der Waals surface area (Å²) in [5, 5.41) is 0. The minimum Gasteiger partial charge on any atom is -0.463 e. The first-order valence-electron chi connectivity index (χ1n) is 12.9. The van der Waals surface area contributed by atoms with Crippen LogP contribution in [0.25, 0.3) is 0 Å². The number of ether oxygens (including phenoxy) is 2. The van der Waals surface area contributed by atoms with Crippen molar-refractivity contribution in [1.82, 2.24) is 0 Å². The van der Waals surface area contributed by atoms with E-state index >= 15 is 0 Å². The normalized spacial score (nSPS) is 13.1. The first-order valence-corrected chi connectivity index (χ1v) is 12.9. The number of esters is 2. The summed E-state index contributed by atoms with van der Waals surface area (Å²) in [7, 11) is 0. The first kappa shape index (κ1) is 28.9. The summed E-state index contributed by atoms with van der Waals surface area (Å²) in [6.45, 7) is 8.41. The minimum absolute atomic E-state index is 0.0492. The van der Waals surface area contributed by atoms with Gasteiger partial charge in [0.1, 0.15) is 0 Å². The molecule has 0 saturated carbocycles. The Kier molecular flexibility index (Phi) is 20.4. The van der Waals surface area contributed by atoms with E-state index in [0.717, 1.165) is 64.2 Å². The van der Waals surface area contributed by atoms with E-state index in [0.29, 0.717) is 12.8 Å². The SMILES string of the molecule is CCCCCCC(C)OC(=O)CCCCCCCCC(=O)OC(C)CCCCCC. The van der Waals surface area contributed by atoms with Gasteiger partial charge in [0.05, 0.1) is 12.2 Å².